The van der Waals surface area contributed by atoms with Gasteiger partial charge in [0.25, 0.3) is 5.91 Å². The van der Waals surface area contributed by atoms with Gasteiger partial charge in [0.05, 0.1) is 25.3 Å². The van der Waals surface area contributed by atoms with Crippen LogP contribution in [0.1, 0.15) is 12.8 Å². The molecular weight excluding hydrogens is 428 g/mol. The number of imide groups is 1. The predicted octanol–water partition coefficient (Wildman–Crippen LogP) is 2.78. The molecule has 4 rings (SSSR count). The van der Waals surface area contributed by atoms with Crippen LogP contribution in [0.4, 0.5) is 11.4 Å². The normalized spacial score (nSPS) is 19.6. The lowest BCUT2D eigenvalue weighted by atomic mass is 10.2. The summed E-state index contributed by atoms with van der Waals surface area (Å²) in [6.45, 7) is 5.61. The summed E-state index contributed by atoms with van der Waals surface area (Å²) in [5, 5.41) is 4.04. The number of hydrogen-bond acceptors (Lipinski definition) is 6. The van der Waals surface area contributed by atoms with Gasteiger partial charge < -0.3 is 15.0 Å². The fourth-order valence-corrected chi connectivity index (χ4v) is 4.46. The van der Waals surface area contributed by atoms with Crippen LogP contribution in [0.15, 0.2) is 48.5 Å². The number of benzene rings is 2. The molecule has 2 amide bonds. The van der Waals surface area contributed by atoms with Gasteiger partial charge in [-0.1, -0.05) is 17.7 Å². The number of carbonyl (C=O) groups excluding carboxylic acids is 2. The number of hydrogen-bond donors (Lipinski definition) is 1. The van der Waals surface area contributed by atoms with Crippen LogP contribution in [0.25, 0.3) is 0 Å². The number of piperazine rings is 1. The van der Waals surface area contributed by atoms with Gasteiger partial charge in [-0.2, -0.15) is 0 Å². The van der Waals surface area contributed by atoms with E-state index >= 15 is 0 Å². The molecule has 0 spiro atoms. The molecule has 2 aromatic rings. The molecule has 8 heteroatoms. The highest BCUT2D eigenvalue weighted by atomic mass is 35.5. The third kappa shape index (κ3) is 5.23. The van der Waals surface area contributed by atoms with Crippen molar-refractivity contribution in [1.82, 2.24) is 10.2 Å². The molecule has 2 heterocycles. The summed E-state index contributed by atoms with van der Waals surface area (Å²) in [4.78, 5) is 31.2. The van der Waals surface area contributed by atoms with Crippen molar-refractivity contribution >= 4 is 34.8 Å². The summed E-state index contributed by atoms with van der Waals surface area (Å²) in [6.07, 6.45) is 1.13. The molecule has 0 radical (unpaired) electrons. The van der Waals surface area contributed by atoms with Gasteiger partial charge >= 0.3 is 0 Å². The van der Waals surface area contributed by atoms with Crippen molar-refractivity contribution < 1.29 is 14.3 Å². The fraction of sp³-hybridized carbons (Fsp3) is 0.417. The second-order valence-electron chi connectivity index (χ2n) is 8.14. The highest BCUT2D eigenvalue weighted by molar-refractivity contribution is 6.30. The van der Waals surface area contributed by atoms with Crippen LogP contribution in [0.3, 0.4) is 0 Å². The summed E-state index contributed by atoms with van der Waals surface area (Å²) in [6, 6.07) is 14.5. The van der Waals surface area contributed by atoms with Crippen molar-refractivity contribution in [2.75, 3.05) is 56.2 Å². The largest absolute Gasteiger partial charge is 0.497 e. The van der Waals surface area contributed by atoms with Crippen LogP contribution in [0.2, 0.25) is 5.02 Å². The highest BCUT2D eigenvalue weighted by Crippen LogP contribution is 2.25. The Bertz CT molecular complexity index is 945. The van der Waals surface area contributed by atoms with Crippen molar-refractivity contribution in [3.05, 3.63) is 53.6 Å². The SMILES string of the molecule is COc1ccc(N2C(=O)C[C@@H](NCCCN3CCN(c4cccc(Cl)c4)CC3)C2=O)cc1. The first-order valence-corrected chi connectivity index (χ1v) is 11.4. The quantitative estimate of drug-likeness (QED) is 0.486. The Morgan fingerprint density at radius 1 is 1.03 bits per heavy atom. The van der Waals surface area contributed by atoms with Crippen molar-refractivity contribution in [2.45, 2.75) is 18.9 Å². The molecule has 2 saturated heterocycles. The Kier molecular flexibility index (Phi) is 7.29. The number of halogens is 1. The van der Waals surface area contributed by atoms with E-state index in [2.05, 4.69) is 21.2 Å². The molecule has 2 aliphatic rings. The number of methoxy groups -OCH3 is 1. The topological polar surface area (TPSA) is 65.1 Å². The minimum atomic E-state index is -0.454. The summed E-state index contributed by atoms with van der Waals surface area (Å²) in [7, 11) is 1.58. The predicted molar refractivity (Wildman–Crippen MR) is 127 cm³/mol. The second kappa shape index (κ2) is 10.3. The molecule has 1 atom stereocenters. The zero-order valence-corrected chi connectivity index (χ0v) is 19.1. The molecule has 0 aliphatic carbocycles. The van der Waals surface area contributed by atoms with Crippen molar-refractivity contribution in [2.24, 2.45) is 0 Å². The Hall–Kier alpha value is -2.61. The van der Waals surface area contributed by atoms with E-state index in [9.17, 15) is 9.59 Å². The Labute approximate surface area is 193 Å². The van der Waals surface area contributed by atoms with Crippen LogP contribution in [-0.2, 0) is 9.59 Å². The second-order valence-corrected chi connectivity index (χ2v) is 8.57. The number of nitrogens with one attached hydrogen (secondary N) is 1. The molecule has 2 aromatic carbocycles. The molecule has 0 bridgehead atoms. The van der Waals surface area contributed by atoms with Crippen LogP contribution >= 0.6 is 11.6 Å². The van der Waals surface area contributed by atoms with Crippen LogP contribution in [-0.4, -0.2) is 69.1 Å². The van der Waals surface area contributed by atoms with E-state index in [-0.39, 0.29) is 18.2 Å². The number of anilines is 2. The summed E-state index contributed by atoms with van der Waals surface area (Å²) in [5.74, 6) is 0.334. The van der Waals surface area contributed by atoms with E-state index in [4.69, 9.17) is 16.3 Å². The lowest BCUT2D eigenvalue weighted by molar-refractivity contribution is -0.121. The van der Waals surface area contributed by atoms with Gasteiger partial charge in [-0.05, 0) is 62.0 Å². The van der Waals surface area contributed by atoms with E-state index < -0.39 is 6.04 Å². The van der Waals surface area contributed by atoms with Crippen LogP contribution in [0.5, 0.6) is 5.75 Å². The number of amides is 2. The maximum Gasteiger partial charge on any atom is 0.251 e. The number of carbonyl (C=O) groups is 2. The summed E-state index contributed by atoms with van der Waals surface area (Å²) >= 11 is 6.11. The molecule has 7 nitrogen and oxygen atoms in total. The van der Waals surface area contributed by atoms with E-state index in [1.54, 1.807) is 31.4 Å². The van der Waals surface area contributed by atoms with E-state index in [0.717, 1.165) is 44.2 Å². The maximum atomic E-state index is 12.7. The third-order valence-corrected chi connectivity index (χ3v) is 6.30. The first-order valence-electron chi connectivity index (χ1n) is 11.0. The summed E-state index contributed by atoms with van der Waals surface area (Å²) < 4.78 is 5.14. The van der Waals surface area contributed by atoms with Crippen LogP contribution in [0, 0.1) is 0 Å². The van der Waals surface area contributed by atoms with Crippen molar-refractivity contribution in [3.63, 3.8) is 0 Å². The Balaban J connectivity index is 1.19. The van der Waals surface area contributed by atoms with Gasteiger partial charge in [0.2, 0.25) is 5.91 Å². The number of rotatable bonds is 8. The Morgan fingerprint density at radius 2 is 1.78 bits per heavy atom. The van der Waals surface area contributed by atoms with Gasteiger partial charge in [-0.15, -0.1) is 0 Å². The minimum Gasteiger partial charge on any atom is -0.497 e. The van der Waals surface area contributed by atoms with E-state index in [1.807, 2.05) is 18.2 Å². The highest BCUT2D eigenvalue weighted by Gasteiger charge is 2.39. The molecule has 0 unspecified atom stereocenters. The maximum absolute atomic E-state index is 12.7. The first-order chi connectivity index (χ1) is 15.5. The van der Waals surface area contributed by atoms with Crippen molar-refractivity contribution in [1.29, 1.82) is 0 Å². The first kappa shape index (κ1) is 22.6. The van der Waals surface area contributed by atoms with Gasteiger partial charge in [-0.3, -0.25) is 14.5 Å². The van der Waals surface area contributed by atoms with Crippen LogP contribution < -0.4 is 19.9 Å². The standard InChI is InChI=1S/C24H29ClN4O3/c1-32-21-8-6-19(7-9-21)29-23(30)17-22(24(29)31)26-10-3-11-27-12-14-28(15-13-27)20-5-2-4-18(25)16-20/h2,4-9,16,22,26H,3,10-15,17H2,1H3/t22-/m1/s1. The Morgan fingerprint density at radius 3 is 2.47 bits per heavy atom. The number of nitrogens with zero attached hydrogens (tertiary/aromatic N) is 3. The molecule has 2 fully saturated rings. The third-order valence-electron chi connectivity index (χ3n) is 6.06. The lowest BCUT2D eigenvalue weighted by Crippen LogP contribution is -2.47. The van der Waals surface area contributed by atoms with Gasteiger partial charge in [-0.25, -0.2) is 4.90 Å². The zero-order chi connectivity index (χ0) is 22.5. The van der Waals surface area contributed by atoms with Gasteiger partial charge in [0, 0.05) is 36.9 Å². The van der Waals surface area contributed by atoms with E-state index in [0.29, 0.717) is 18.0 Å². The molecular formula is C24H29ClN4O3. The lowest BCUT2D eigenvalue weighted by Gasteiger charge is -2.36. The average Bonchev–Trinajstić information content (AvgIpc) is 3.10. The minimum absolute atomic E-state index is 0.171. The molecule has 0 aromatic heterocycles. The molecule has 2 aliphatic heterocycles. The molecule has 170 valence electrons. The monoisotopic (exact) mass is 456 g/mol. The fourth-order valence-electron chi connectivity index (χ4n) is 4.28. The zero-order valence-electron chi connectivity index (χ0n) is 18.3. The molecule has 1 N–H and O–H groups in total. The molecule has 0 saturated carbocycles. The average molecular weight is 457 g/mol. The van der Waals surface area contributed by atoms with Gasteiger partial charge in [0.15, 0.2) is 0 Å². The summed E-state index contributed by atoms with van der Waals surface area (Å²) in [5.41, 5.74) is 1.76. The smallest absolute Gasteiger partial charge is 0.251 e. The van der Waals surface area contributed by atoms with Crippen molar-refractivity contribution in [3.8, 4) is 5.75 Å². The molecule has 32 heavy (non-hydrogen) atoms. The van der Waals surface area contributed by atoms with E-state index in [1.165, 1.54) is 10.6 Å². The number of ether oxygens (including phenoxy) is 1. The van der Waals surface area contributed by atoms with Gasteiger partial charge in [0.1, 0.15) is 5.75 Å².